The number of esters is 1. The molecule has 34 heavy (non-hydrogen) atoms. The van der Waals surface area contributed by atoms with Crippen LogP contribution in [-0.4, -0.2) is 74.0 Å². The molecule has 0 rings (SSSR count). The maximum atomic E-state index is 13.9. The number of nitrogens with zero attached hydrogens (tertiary/aromatic N) is 1. The number of rotatable bonds is 12. The number of alkyl halides is 13. The standard InChI is InChI=1S/C15H16F13NO4S/c1-8(2)9(30)33-7-5-4-6-29(3)34(31,32)15(27,28)13(22,23)11(18,19)10(16,17)12(20,21)14(24,25)26/h1,4-7H2,2-3H3. The molecule has 0 aromatic heterocycles. The number of sulfonamides is 1. The van der Waals surface area contributed by atoms with Crippen LogP contribution < -0.4 is 0 Å². The van der Waals surface area contributed by atoms with Crippen LogP contribution in [0.1, 0.15) is 19.8 Å². The molecule has 0 saturated carbocycles. The number of hydrogen-bond acceptors (Lipinski definition) is 4. The second-order valence-corrected chi connectivity index (χ2v) is 8.85. The SMILES string of the molecule is C=C(C)C(=O)OCCCCN(C)S(=O)(=O)C(F)(F)C(F)(F)C(F)(F)C(F)(F)C(F)(F)C(F)(F)F. The van der Waals surface area contributed by atoms with Crippen molar-refractivity contribution < 1.29 is 75.0 Å². The minimum absolute atomic E-state index is 0.0737. The lowest BCUT2D eigenvalue weighted by molar-refractivity contribution is -0.433. The zero-order valence-electron chi connectivity index (χ0n) is 16.9. The molecule has 0 amide bonds. The van der Waals surface area contributed by atoms with Gasteiger partial charge in [0, 0.05) is 19.2 Å². The first kappa shape index (κ1) is 32.2. The van der Waals surface area contributed by atoms with E-state index in [1.807, 2.05) is 0 Å². The van der Waals surface area contributed by atoms with Gasteiger partial charge in [0.15, 0.2) is 0 Å². The third-order valence-electron chi connectivity index (χ3n) is 4.09. The summed E-state index contributed by atoms with van der Waals surface area (Å²) in [6, 6.07) is 0. The number of hydrogen-bond donors (Lipinski definition) is 0. The molecule has 0 N–H and O–H groups in total. The van der Waals surface area contributed by atoms with Crippen LogP contribution in [0.25, 0.3) is 0 Å². The van der Waals surface area contributed by atoms with E-state index in [-0.39, 0.29) is 19.0 Å². The van der Waals surface area contributed by atoms with Crippen molar-refractivity contribution in [3.8, 4) is 0 Å². The third kappa shape index (κ3) is 5.23. The van der Waals surface area contributed by atoms with Crippen LogP contribution >= 0.6 is 0 Å². The largest absolute Gasteiger partial charge is 0.462 e. The number of halogens is 13. The topological polar surface area (TPSA) is 63.7 Å². The number of ether oxygens (including phenoxy) is 1. The fourth-order valence-electron chi connectivity index (χ4n) is 1.96. The highest BCUT2D eigenvalue weighted by molar-refractivity contribution is 7.90. The molecule has 5 nitrogen and oxygen atoms in total. The van der Waals surface area contributed by atoms with Crippen LogP contribution in [0.15, 0.2) is 12.2 Å². The lowest BCUT2D eigenvalue weighted by Crippen LogP contribution is -2.71. The number of carbonyl (C=O) groups is 1. The Labute approximate surface area is 183 Å². The van der Waals surface area contributed by atoms with Crippen molar-refractivity contribution in [2.75, 3.05) is 20.2 Å². The Morgan fingerprint density at radius 2 is 1.21 bits per heavy atom. The van der Waals surface area contributed by atoms with Crippen molar-refractivity contribution in [2.24, 2.45) is 0 Å². The van der Waals surface area contributed by atoms with Crippen LogP contribution in [0.3, 0.4) is 0 Å². The third-order valence-corrected chi connectivity index (χ3v) is 6.00. The highest BCUT2D eigenvalue weighted by atomic mass is 32.2. The monoisotopic (exact) mass is 553 g/mol. The first-order valence-corrected chi connectivity index (χ1v) is 9.93. The molecule has 0 heterocycles. The summed E-state index contributed by atoms with van der Waals surface area (Å²) in [6.45, 7) is 2.74. The van der Waals surface area contributed by atoms with Crippen molar-refractivity contribution in [2.45, 2.75) is 54.9 Å². The van der Waals surface area contributed by atoms with Crippen LogP contribution in [0, 0.1) is 0 Å². The molecule has 19 heteroatoms. The zero-order chi connectivity index (χ0) is 27.8. The molecule has 202 valence electrons. The summed E-state index contributed by atoms with van der Waals surface area (Å²) in [5.41, 5.74) is -0.0737. The minimum Gasteiger partial charge on any atom is -0.462 e. The van der Waals surface area contributed by atoms with Gasteiger partial charge in [0.2, 0.25) is 0 Å². The van der Waals surface area contributed by atoms with Crippen LogP contribution in [0.5, 0.6) is 0 Å². The Hall–Kier alpha value is -1.79. The highest BCUT2D eigenvalue weighted by Gasteiger charge is 2.92. The van der Waals surface area contributed by atoms with Gasteiger partial charge in [0.1, 0.15) is 0 Å². The maximum absolute atomic E-state index is 13.9. The molecule has 0 bridgehead atoms. The van der Waals surface area contributed by atoms with E-state index < -0.39 is 75.0 Å². The lowest BCUT2D eigenvalue weighted by atomic mass is 9.98. The van der Waals surface area contributed by atoms with Crippen LogP contribution in [-0.2, 0) is 19.6 Å². The van der Waals surface area contributed by atoms with Crippen molar-refractivity contribution in [1.82, 2.24) is 4.31 Å². The van der Waals surface area contributed by atoms with E-state index in [0.29, 0.717) is 0 Å². The summed E-state index contributed by atoms with van der Waals surface area (Å²) in [4.78, 5) is 11.1. The fourth-order valence-corrected chi connectivity index (χ4v) is 3.17. The van der Waals surface area contributed by atoms with Crippen LogP contribution in [0.4, 0.5) is 57.1 Å². The Morgan fingerprint density at radius 3 is 1.59 bits per heavy atom. The molecule has 0 atom stereocenters. The summed E-state index contributed by atoms with van der Waals surface area (Å²) in [7, 11) is -6.97. The molecule has 0 fully saturated rings. The maximum Gasteiger partial charge on any atom is 0.460 e. The Morgan fingerprint density at radius 1 is 0.794 bits per heavy atom. The lowest BCUT2D eigenvalue weighted by Gasteiger charge is -2.40. The minimum atomic E-state index is -8.22. The van der Waals surface area contributed by atoms with Crippen molar-refractivity contribution in [1.29, 1.82) is 0 Å². The molecule has 0 unspecified atom stereocenters. The summed E-state index contributed by atoms with van der Waals surface area (Å²) < 4.78 is 198. The zero-order valence-corrected chi connectivity index (χ0v) is 17.8. The van der Waals surface area contributed by atoms with Crippen LogP contribution in [0.2, 0.25) is 0 Å². The normalized spacial score (nSPS) is 14.9. The predicted octanol–water partition coefficient (Wildman–Crippen LogP) is 4.84. The van der Waals surface area contributed by atoms with Gasteiger partial charge in [-0.15, -0.1) is 0 Å². The van der Waals surface area contributed by atoms with Gasteiger partial charge >= 0.3 is 41.1 Å². The van der Waals surface area contributed by atoms with Crippen molar-refractivity contribution in [3.63, 3.8) is 0 Å². The summed E-state index contributed by atoms with van der Waals surface area (Å²) in [5, 5.41) is -7.28. The smallest absolute Gasteiger partial charge is 0.460 e. The fraction of sp³-hybridized carbons (Fsp3) is 0.800. The van der Waals surface area contributed by atoms with Gasteiger partial charge in [-0.2, -0.15) is 61.4 Å². The number of unbranched alkanes of at least 4 members (excludes halogenated alkanes) is 1. The molecule has 0 aromatic carbocycles. The molecular formula is C15H16F13NO4S. The highest BCUT2D eigenvalue weighted by Crippen LogP contribution is 2.61. The van der Waals surface area contributed by atoms with E-state index in [9.17, 15) is 70.3 Å². The van der Waals surface area contributed by atoms with E-state index in [4.69, 9.17) is 0 Å². The molecule has 0 aromatic rings. The Kier molecular flexibility index (Phi) is 9.18. The van der Waals surface area contributed by atoms with Crippen molar-refractivity contribution in [3.05, 3.63) is 12.2 Å². The molecule has 0 saturated heterocycles. The van der Waals surface area contributed by atoms with Gasteiger partial charge in [-0.3, -0.25) is 0 Å². The summed E-state index contributed by atoms with van der Waals surface area (Å²) in [6.07, 6.45) is -8.50. The van der Waals surface area contributed by atoms with Gasteiger partial charge in [-0.1, -0.05) is 6.58 Å². The number of carbonyl (C=O) groups excluding carboxylic acids is 1. The van der Waals surface area contributed by atoms with Gasteiger partial charge in [-0.05, 0) is 19.8 Å². The van der Waals surface area contributed by atoms with Gasteiger partial charge < -0.3 is 4.74 Å². The molecular weight excluding hydrogens is 537 g/mol. The van der Waals surface area contributed by atoms with Gasteiger partial charge in [0.25, 0.3) is 10.0 Å². The second kappa shape index (κ2) is 9.69. The molecule has 0 radical (unpaired) electrons. The van der Waals surface area contributed by atoms with E-state index in [2.05, 4.69) is 11.3 Å². The predicted molar refractivity (Wildman–Crippen MR) is 87.3 cm³/mol. The van der Waals surface area contributed by atoms with Gasteiger partial charge in [-0.25, -0.2) is 13.2 Å². The quantitative estimate of drug-likeness (QED) is 0.150. The first-order valence-electron chi connectivity index (χ1n) is 8.49. The van der Waals surface area contributed by atoms with Crippen molar-refractivity contribution >= 4 is 16.0 Å². The average molecular weight is 553 g/mol. The molecule has 0 aliphatic heterocycles. The summed E-state index contributed by atoms with van der Waals surface area (Å²) >= 11 is 0. The first-order chi connectivity index (χ1) is 14.7. The van der Waals surface area contributed by atoms with E-state index in [0.717, 1.165) is 0 Å². The van der Waals surface area contributed by atoms with E-state index in [1.165, 1.54) is 6.92 Å². The Balaban J connectivity index is 5.87. The second-order valence-electron chi connectivity index (χ2n) is 6.76. The van der Waals surface area contributed by atoms with Gasteiger partial charge in [0.05, 0.1) is 6.61 Å². The average Bonchev–Trinajstić information content (AvgIpc) is 2.65. The van der Waals surface area contributed by atoms with E-state index >= 15 is 0 Å². The van der Waals surface area contributed by atoms with E-state index in [1.54, 1.807) is 0 Å². The Bertz CT molecular complexity index is 868. The molecule has 0 spiro atoms. The molecule has 0 aliphatic rings. The molecule has 0 aliphatic carbocycles. The summed E-state index contributed by atoms with van der Waals surface area (Å²) in [5.74, 6) is -33.3.